The lowest BCUT2D eigenvalue weighted by Gasteiger charge is -2.24. The quantitative estimate of drug-likeness (QED) is 0.894. The van der Waals surface area contributed by atoms with Gasteiger partial charge in [0.1, 0.15) is 11.4 Å². The Morgan fingerprint density at radius 1 is 1.44 bits per heavy atom. The van der Waals surface area contributed by atoms with Crippen LogP contribution in [0, 0.1) is 0 Å². The van der Waals surface area contributed by atoms with Crippen molar-refractivity contribution >= 4 is 17.3 Å². The fraction of sp³-hybridized carbons (Fsp3) is 0.500. The van der Waals surface area contributed by atoms with Crippen molar-refractivity contribution in [1.29, 1.82) is 0 Å². The van der Waals surface area contributed by atoms with Crippen molar-refractivity contribution in [1.82, 2.24) is 0 Å². The summed E-state index contributed by atoms with van der Waals surface area (Å²) in [6.07, 6.45) is 0.607. The Morgan fingerprint density at radius 2 is 2.22 bits per heavy atom. The van der Waals surface area contributed by atoms with E-state index in [0.717, 1.165) is 30.2 Å². The Labute approximate surface area is 108 Å². The molecule has 0 saturated carbocycles. The van der Waals surface area contributed by atoms with E-state index in [-0.39, 0.29) is 12.0 Å². The van der Waals surface area contributed by atoms with E-state index in [1.807, 2.05) is 32.0 Å². The third-order valence-corrected chi connectivity index (χ3v) is 2.96. The molecule has 1 aromatic carbocycles. The van der Waals surface area contributed by atoms with Crippen LogP contribution in [-0.2, 0) is 4.79 Å². The number of para-hydroxylation sites is 1. The van der Waals surface area contributed by atoms with E-state index in [4.69, 9.17) is 4.74 Å². The molecule has 1 aliphatic heterocycles. The Kier molecular flexibility index (Phi) is 3.75. The van der Waals surface area contributed by atoms with Crippen molar-refractivity contribution in [3.63, 3.8) is 0 Å². The number of hydrogen-bond donors (Lipinski definition) is 1. The van der Waals surface area contributed by atoms with Crippen molar-refractivity contribution in [2.24, 2.45) is 0 Å². The highest BCUT2D eigenvalue weighted by Gasteiger charge is 2.21. The molecule has 0 aromatic heterocycles. The monoisotopic (exact) mass is 248 g/mol. The van der Waals surface area contributed by atoms with Gasteiger partial charge in [-0.25, -0.2) is 0 Å². The lowest BCUT2D eigenvalue weighted by molar-refractivity contribution is -0.116. The minimum Gasteiger partial charge on any atom is -0.489 e. The zero-order chi connectivity index (χ0) is 13.1. The number of benzene rings is 1. The van der Waals surface area contributed by atoms with Gasteiger partial charge in [0.15, 0.2) is 0 Å². The second-order valence-electron chi connectivity index (χ2n) is 4.69. The van der Waals surface area contributed by atoms with Crippen LogP contribution >= 0.6 is 0 Å². The number of carbonyl (C=O) groups is 1. The summed E-state index contributed by atoms with van der Waals surface area (Å²) >= 11 is 0. The summed E-state index contributed by atoms with van der Waals surface area (Å²) < 4.78 is 5.77. The number of ether oxygens (including phenoxy) is 1. The molecule has 1 aromatic rings. The maximum absolute atomic E-state index is 11.8. The average molecular weight is 248 g/mol. The van der Waals surface area contributed by atoms with Gasteiger partial charge in [0.2, 0.25) is 5.91 Å². The molecular weight excluding hydrogens is 228 g/mol. The molecule has 0 atom stereocenters. The molecule has 18 heavy (non-hydrogen) atoms. The number of rotatable bonds is 3. The average Bonchev–Trinajstić information content (AvgIpc) is 2.48. The maximum atomic E-state index is 11.8. The predicted octanol–water partition coefficient (Wildman–Crippen LogP) is 2.64. The van der Waals surface area contributed by atoms with Crippen LogP contribution in [0.5, 0.6) is 5.75 Å². The van der Waals surface area contributed by atoms with E-state index in [0.29, 0.717) is 6.42 Å². The molecule has 0 bridgehead atoms. The molecule has 4 nitrogen and oxygen atoms in total. The van der Waals surface area contributed by atoms with Gasteiger partial charge in [-0.05, 0) is 32.9 Å². The van der Waals surface area contributed by atoms with Gasteiger partial charge in [-0.2, -0.15) is 0 Å². The topological polar surface area (TPSA) is 41.6 Å². The zero-order valence-electron chi connectivity index (χ0n) is 11.2. The maximum Gasteiger partial charge on any atom is 0.226 e. The Balaban J connectivity index is 2.44. The molecule has 98 valence electrons. The molecule has 0 aliphatic carbocycles. The van der Waals surface area contributed by atoms with Gasteiger partial charge >= 0.3 is 0 Å². The van der Waals surface area contributed by atoms with Crippen LogP contribution in [0.3, 0.4) is 0 Å². The SMILES string of the molecule is CCN1CCC(=O)Nc2c(OC(C)C)cccc21. The first-order valence-electron chi connectivity index (χ1n) is 6.46. The first-order chi connectivity index (χ1) is 8.61. The van der Waals surface area contributed by atoms with Gasteiger partial charge in [-0.3, -0.25) is 4.79 Å². The standard InChI is InChI=1S/C14H20N2O2/c1-4-16-9-8-13(17)15-14-11(16)6-5-7-12(14)18-10(2)3/h5-7,10H,4,8-9H2,1-3H3,(H,15,17). The van der Waals surface area contributed by atoms with Gasteiger partial charge in [0.25, 0.3) is 0 Å². The summed E-state index contributed by atoms with van der Waals surface area (Å²) in [5.74, 6) is 0.795. The molecule has 0 radical (unpaired) electrons. The molecule has 0 fully saturated rings. The summed E-state index contributed by atoms with van der Waals surface area (Å²) in [5, 5.41) is 2.96. The molecule has 2 rings (SSSR count). The fourth-order valence-corrected chi connectivity index (χ4v) is 2.15. The minimum atomic E-state index is 0.0482. The van der Waals surface area contributed by atoms with Crippen LogP contribution in [0.4, 0.5) is 11.4 Å². The molecule has 0 spiro atoms. The van der Waals surface area contributed by atoms with Gasteiger partial charge in [-0.15, -0.1) is 0 Å². The van der Waals surface area contributed by atoms with Crippen molar-refractivity contribution in [3.8, 4) is 5.75 Å². The molecule has 1 N–H and O–H groups in total. The Morgan fingerprint density at radius 3 is 2.89 bits per heavy atom. The zero-order valence-corrected chi connectivity index (χ0v) is 11.2. The van der Waals surface area contributed by atoms with Gasteiger partial charge in [0, 0.05) is 19.5 Å². The highest BCUT2D eigenvalue weighted by atomic mass is 16.5. The van der Waals surface area contributed by atoms with Crippen molar-refractivity contribution < 1.29 is 9.53 Å². The first kappa shape index (κ1) is 12.7. The number of nitrogens with one attached hydrogen (secondary N) is 1. The third kappa shape index (κ3) is 2.58. The number of amides is 1. The van der Waals surface area contributed by atoms with Crippen molar-refractivity contribution in [3.05, 3.63) is 18.2 Å². The van der Waals surface area contributed by atoms with E-state index in [2.05, 4.69) is 17.1 Å². The summed E-state index contributed by atoms with van der Waals surface area (Å²) in [5.41, 5.74) is 1.84. The third-order valence-electron chi connectivity index (χ3n) is 2.96. The summed E-state index contributed by atoms with van der Waals surface area (Å²) in [7, 11) is 0. The molecular formula is C14H20N2O2. The molecule has 4 heteroatoms. The van der Waals surface area contributed by atoms with Crippen LogP contribution in [0.25, 0.3) is 0 Å². The largest absolute Gasteiger partial charge is 0.489 e. The van der Waals surface area contributed by atoms with E-state index < -0.39 is 0 Å². The van der Waals surface area contributed by atoms with Gasteiger partial charge in [-0.1, -0.05) is 6.07 Å². The molecule has 0 unspecified atom stereocenters. The predicted molar refractivity (Wildman–Crippen MR) is 73.3 cm³/mol. The van der Waals surface area contributed by atoms with Crippen LogP contribution < -0.4 is 15.0 Å². The fourth-order valence-electron chi connectivity index (χ4n) is 2.15. The number of fused-ring (bicyclic) bond motifs is 1. The van der Waals surface area contributed by atoms with Crippen molar-refractivity contribution in [2.75, 3.05) is 23.3 Å². The second kappa shape index (κ2) is 5.29. The number of nitrogens with zero attached hydrogens (tertiary/aromatic N) is 1. The smallest absolute Gasteiger partial charge is 0.226 e. The lowest BCUT2D eigenvalue weighted by atomic mass is 10.2. The second-order valence-corrected chi connectivity index (χ2v) is 4.69. The Bertz CT molecular complexity index is 443. The van der Waals surface area contributed by atoms with E-state index in [1.165, 1.54) is 0 Å². The highest BCUT2D eigenvalue weighted by Crippen LogP contribution is 2.37. The molecule has 1 amide bonds. The highest BCUT2D eigenvalue weighted by molar-refractivity contribution is 5.98. The van der Waals surface area contributed by atoms with Gasteiger partial charge in [0.05, 0.1) is 11.8 Å². The molecule has 0 saturated heterocycles. The summed E-state index contributed by atoms with van der Waals surface area (Å²) in [6, 6.07) is 5.90. The van der Waals surface area contributed by atoms with E-state index in [9.17, 15) is 4.79 Å². The van der Waals surface area contributed by atoms with E-state index >= 15 is 0 Å². The molecule has 1 aliphatic rings. The number of anilines is 2. The van der Waals surface area contributed by atoms with Crippen LogP contribution in [0.1, 0.15) is 27.2 Å². The van der Waals surface area contributed by atoms with Crippen LogP contribution in [0.2, 0.25) is 0 Å². The summed E-state index contributed by atoms with van der Waals surface area (Å²) in [6.45, 7) is 7.69. The minimum absolute atomic E-state index is 0.0482. The first-order valence-corrected chi connectivity index (χ1v) is 6.46. The Hall–Kier alpha value is -1.71. The normalized spacial score (nSPS) is 15.1. The lowest BCUT2D eigenvalue weighted by Crippen LogP contribution is -2.23. The van der Waals surface area contributed by atoms with Crippen LogP contribution in [0.15, 0.2) is 18.2 Å². The van der Waals surface area contributed by atoms with Crippen molar-refractivity contribution in [2.45, 2.75) is 33.3 Å². The number of carbonyl (C=O) groups excluding carboxylic acids is 1. The summed E-state index contributed by atoms with van der Waals surface area (Å²) in [4.78, 5) is 13.9. The molecule has 1 heterocycles. The van der Waals surface area contributed by atoms with E-state index in [1.54, 1.807) is 0 Å². The van der Waals surface area contributed by atoms with Crippen LogP contribution in [-0.4, -0.2) is 25.1 Å². The number of hydrogen-bond acceptors (Lipinski definition) is 3. The van der Waals surface area contributed by atoms with Gasteiger partial charge < -0.3 is 15.0 Å².